The lowest BCUT2D eigenvalue weighted by atomic mass is 9.72. The van der Waals surface area contributed by atoms with Gasteiger partial charge in [0.15, 0.2) is 0 Å². The maximum Gasteiger partial charge on any atom is 0.123 e. The number of benzene rings is 2. The number of hydrogen-bond acceptors (Lipinski definition) is 3. The zero-order chi connectivity index (χ0) is 19.0. The van der Waals surface area contributed by atoms with Crippen LogP contribution in [0.3, 0.4) is 0 Å². The van der Waals surface area contributed by atoms with Gasteiger partial charge in [-0.3, -0.25) is 0 Å². The lowest BCUT2D eigenvalue weighted by molar-refractivity contribution is 0.168. The van der Waals surface area contributed by atoms with Crippen LogP contribution in [0.2, 0.25) is 0 Å². The van der Waals surface area contributed by atoms with Crippen molar-refractivity contribution in [1.29, 1.82) is 0 Å². The molecule has 0 heterocycles. The van der Waals surface area contributed by atoms with Crippen molar-refractivity contribution in [3.63, 3.8) is 0 Å². The van der Waals surface area contributed by atoms with Crippen LogP contribution in [-0.4, -0.2) is 21.4 Å². The largest absolute Gasteiger partial charge is 0.507 e. The van der Waals surface area contributed by atoms with Crippen molar-refractivity contribution in [1.82, 2.24) is 0 Å². The predicted molar refractivity (Wildman–Crippen MR) is 101 cm³/mol. The topological polar surface area (TPSA) is 60.7 Å². The van der Waals surface area contributed by atoms with E-state index in [1.807, 2.05) is 19.9 Å². The molecule has 0 aliphatic heterocycles. The van der Waals surface area contributed by atoms with Crippen molar-refractivity contribution >= 4 is 0 Å². The van der Waals surface area contributed by atoms with Gasteiger partial charge in [-0.25, -0.2) is 4.39 Å². The summed E-state index contributed by atoms with van der Waals surface area (Å²) in [5, 5.41) is 31.4. The van der Waals surface area contributed by atoms with Crippen molar-refractivity contribution in [3.05, 3.63) is 71.6 Å². The Labute approximate surface area is 152 Å². The Morgan fingerprint density at radius 3 is 2.19 bits per heavy atom. The molecule has 26 heavy (non-hydrogen) atoms. The zero-order valence-corrected chi connectivity index (χ0v) is 14.9. The molecule has 3 rings (SSSR count). The first-order chi connectivity index (χ1) is 12.3. The van der Waals surface area contributed by atoms with E-state index in [1.54, 1.807) is 24.3 Å². The molecule has 0 aromatic heterocycles. The molecule has 1 aliphatic carbocycles. The molecule has 2 aromatic carbocycles. The molecule has 0 bridgehead atoms. The summed E-state index contributed by atoms with van der Waals surface area (Å²) in [6.45, 7) is 7.74. The van der Waals surface area contributed by atoms with Crippen LogP contribution >= 0.6 is 0 Å². The van der Waals surface area contributed by atoms with E-state index in [-0.39, 0.29) is 29.2 Å². The van der Waals surface area contributed by atoms with Crippen LogP contribution in [0, 0.1) is 11.7 Å². The predicted octanol–water partition coefficient (Wildman–Crippen LogP) is 4.89. The molecule has 136 valence electrons. The van der Waals surface area contributed by atoms with Gasteiger partial charge in [-0.2, -0.15) is 0 Å². The summed E-state index contributed by atoms with van der Waals surface area (Å²) in [7, 11) is 0. The first-order valence-electron chi connectivity index (χ1n) is 8.61. The minimum atomic E-state index is -0.546. The van der Waals surface area contributed by atoms with Crippen molar-refractivity contribution in [2.45, 2.75) is 32.3 Å². The van der Waals surface area contributed by atoms with Crippen LogP contribution in [0.4, 0.5) is 4.39 Å². The third kappa shape index (κ3) is 3.37. The third-order valence-electron chi connectivity index (χ3n) is 5.16. The molecule has 0 saturated carbocycles. The molecule has 3 N–H and O–H groups in total. The van der Waals surface area contributed by atoms with Gasteiger partial charge in [0.05, 0.1) is 6.10 Å². The third-order valence-corrected chi connectivity index (χ3v) is 5.16. The fourth-order valence-corrected chi connectivity index (χ4v) is 3.65. The highest BCUT2D eigenvalue weighted by Gasteiger charge is 2.33. The van der Waals surface area contributed by atoms with Crippen LogP contribution in [0.15, 0.2) is 60.2 Å². The van der Waals surface area contributed by atoms with E-state index in [1.165, 1.54) is 12.1 Å². The van der Waals surface area contributed by atoms with Gasteiger partial charge in [-0.1, -0.05) is 30.4 Å². The highest BCUT2D eigenvalue weighted by atomic mass is 19.1. The lowest BCUT2D eigenvalue weighted by Crippen LogP contribution is -2.26. The molecule has 2 aromatic rings. The van der Waals surface area contributed by atoms with Crippen LogP contribution < -0.4 is 0 Å². The Hall–Kier alpha value is -2.59. The minimum Gasteiger partial charge on any atom is -0.507 e. The number of aliphatic hydroxyl groups excluding tert-OH is 1. The number of aromatic hydroxyl groups is 2. The van der Waals surface area contributed by atoms with Gasteiger partial charge in [0.25, 0.3) is 0 Å². The molecule has 3 atom stereocenters. The average Bonchev–Trinajstić information content (AvgIpc) is 2.57. The number of phenols is 2. The molecule has 4 heteroatoms. The highest BCUT2D eigenvalue weighted by molar-refractivity contribution is 5.69. The molecule has 0 amide bonds. The number of phenolic OH excluding ortho intramolecular Hbond substituents is 2. The molecule has 0 spiro atoms. The van der Waals surface area contributed by atoms with E-state index in [9.17, 15) is 19.7 Å². The standard InChI is InChI=1S/C22H23FO3/c1-12(2)17-11-19(24)13(3)8-18(17)22-20(25)9-15(10-21(22)26)14-4-6-16(23)7-5-14/h4-10,17-19,24-26H,1,11H2,2-3H3/t17-,18+,19-/m0/s1. The van der Waals surface area contributed by atoms with Gasteiger partial charge in [-0.05, 0) is 67.2 Å². The normalized spacial score (nSPS) is 22.8. The molecule has 0 fully saturated rings. The number of halogens is 1. The van der Waals surface area contributed by atoms with Crippen LogP contribution in [0.1, 0.15) is 31.7 Å². The fraction of sp³-hybridized carbons (Fsp3) is 0.273. The highest BCUT2D eigenvalue weighted by Crippen LogP contribution is 2.47. The van der Waals surface area contributed by atoms with Gasteiger partial charge in [-0.15, -0.1) is 0 Å². The summed E-state index contributed by atoms with van der Waals surface area (Å²) in [6.07, 6.45) is 1.84. The van der Waals surface area contributed by atoms with Crippen molar-refractivity contribution in [2.75, 3.05) is 0 Å². The molecule has 3 nitrogen and oxygen atoms in total. The summed E-state index contributed by atoms with van der Waals surface area (Å²) in [5.74, 6) is -0.744. The van der Waals surface area contributed by atoms with Crippen LogP contribution in [0.25, 0.3) is 11.1 Å². The fourth-order valence-electron chi connectivity index (χ4n) is 3.65. The molecule has 0 radical (unpaired) electrons. The Balaban J connectivity index is 2.07. The summed E-state index contributed by atoms with van der Waals surface area (Å²) >= 11 is 0. The Bertz CT molecular complexity index is 844. The van der Waals surface area contributed by atoms with E-state index in [0.29, 0.717) is 23.1 Å². The second-order valence-corrected chi connectivity index (χ2v) is 7.08. The number of aliphatic hydroxyl groups is 1. The van der Waals surface area contributed by atoms with E-state index >= 15 is 0 Å². The maximum atomic E-state index is 13.1. The Kier molecular flexibility index (Phi) is 4.88. The summed E-state index contributed by atoms with van der Waals surface area (Å²) < 4.78 is 13.1. The summed E-state index contributed by atoms with van der Waals surface area (Å²) in [6, 6.07) is 9.02. The first kappa shape index (κ1) is 18.2. The summed E-state index contributed by atoms with van der Waals surface area (Å²) in [5.41, 5.74) is 3.43. The van der Waals surface area contributed by atoms with E-state index in [2.05, 4.69) is 6.58 Å². The second-order valence-electron chi connectivity index (χ2n) is 7.08. The summed E-state index contributed by atoms with van der Waals surface area (Å²) in [4.78, 5) is 0. The van der Waals surface area contributed by atoms with Crippen LogP contribution in [-0.2, 0) is 0 Å². The molecular formula is C22H23FO3. The van der Waals surface area contributed by atoms with Gasteiger partial charge in [0.2, 0.25) is 0 Å². The maximum absolute atomic E-state index is 13.1. The van der Waals surface area contributed by atoms with Gasteiger partial charge in [0.1, 0.15) is 17.3 Å². The van der Waals surface area contributed by atoms with E-state index in [4.69, 9.17) is 0 Å². The SMILES string of the molecule is C=C(C)[C@@H]1C[C@H](O)C(C)=C[C@H]1c1c(O)cc(-c2ccc(F)cc2)cc1O. The monoisotopic (exact) mass is 354 g/mol. The number of allylic oxidation sites excluding steroid dienone is 2. The molecule has 0 saturated heterocycles. The zero-order valence-electron chi connectivity index (χ0n) is 14.9. The van der Waals surface area contributed by atoms with Gasteiger partial charge >= 0.3 is 0 Å². The quantitative estimate of drug-likeness (QED) is 0.688. The van der Waals surface area contributed by atoms with E-state index < -0.39 is 6.10 Å². The molecule has 1 aliphatic rings. The van der Waals surface area contributed by atoms with Crippen molar-refractivity contribution in [3.8, 4) is 22.6 Å². The van der Waals surface area contributed by atoms with Crippen molar-refractivity contribution < 1.29 is 19.7 Å². The van der Waals surface area contributed by atoms with Gasteiger partial charge in [0, 0.05) is 11.5 Å². The lowest BCUT2D eigenvalue weighted by Gasteiger charge is -2.34. The average molecular weight is 354 g/mol. The minimum absolute atomic E-state index is 0.0268. The smallest absolute Gasteiger partial charge is 0.123 e. The number of rotatable bonds is 3. The van der Waals surface area contributed by atoms with E-state index in [0.717, 1.165) is 11.1 Å². The van der Waals surface area contributed by atoms with Gasteiger partial charge < -0.3 is 15.3 Å². The molecular weight excluding hydrogens is 331 g/mol. The first-order valence-corrected chi connectivity index (χ1v) is 8.61. The molecule has 0 unspecified atom stereocenters. The Morgan fingerprint density at radius 2 is 1.65 bits per heavy atom. The van der Waals surface area contributed by atoms with Crippen molar-refractivity contribution in [2.24, 2.45) is 5.92 Å². The second kappa shape index (κ2) is 6.96. The van der Waals surface area contributed by atoms with Crippen LogP contribution in [0.5, 0.6) is 11.5 Å². The Morgan fingerprint density at radius 1 is 1.08 bits per heavy atom. The number of hydrogen-bond donors (Lipinski definition) is 3.